The molecule has 0 aliphatic carbocycles. The fourth-order valence-electron chi connectivity index (χ4n) is 3.75. The predicted octanol–water partition coefficient (Wildman–Crippen LogP) is 4.02. The van der Waals surface area contributed by atoms with Gasteiger partial charge in [0.2, 0.25) is 0 Å². The number of thioether (sulfide) groups is 1. The van der Waals surface area contributed by atoms with Crippen LogP contribution in [0.15, 0.2) is 67.4 Å². The Labute approximate surface area is 189 Å². The molecule has 0 spiro atoms. The van der Waals surface area contributed by atoms with E-state index in [-0.39, 0.29) is 0 Å². The molecule has 0 saturated heterocycles. The maximum Gasteiger partial charge on any atom is 0.326 e. The minimum Gasteiger partial charge on any atom is -0.480 e. The van der Waals surface area contributed by atoms with Crippen LogP contribution in [0.5, 0.6) is 0 Å². The first kappa shape index (κ1) is 21.7. The van der Waals surface area contributed by atoms with Gasteiger partial charge in [-0.05, 0) is 34.8 Å². The van der Waals surface area contributed by atoms with E-state index in [9.17, 15) is 14.7 Å². The molecule has 1 atom stereocenters. The second-order valence-electron chi connectivity index (χ2n) is 7.51. The highest BCUT2D eigenvalue weighted by Crippen LogP contribution is 2.32. The minimum absolute atomic E-state index is 0.362. The summed E-state index contributed by atoms with van der Waals surface area (Å²) in [5, 5.41) is 14.4. The lowest BCUT2D eigenvalue weighted by Crippen LogP contribution is -2.41. The molecule has 0 bridgehead atoms. The summed E-state index contributed by atoms with van der Waals surface area (Å²) in [6.45, 7) is 0.514. The fourth-order valence-corrected chi connectivity index (χ4v) is 4.22. The number of H-pyrrole nitrogens is 1. The normalized spacial score (nSPS) is 12.0. The summed E-state index contributed by atoms with van der Waals surface area (Å²) < 4.78 is 1.91. The van der Waals surface area contributed by atoms with Gasteiger partial charge in [-0.15, -0.1) is 0 Å². The van der Waals surface area contributed by atoms with Crippen molar-refractivity contribution in [1.82, 2.24) is 19.9 Å². The number of amides is 1. The third kappa shape index (κ3) is 4.70. The maximum atomic E-state index is 13.3. The van der Waals surface area contributed by atoms with Crippen LogP contribution in [0, 0.1) is 0 Å². The number of fused-ring (bicyclic) bond motifs is 1. The lowest BCUT2D eigenvalue weighted by molar-refractivity contribution is -0.139. The van der Waals surface area contributed by atoms with E-state index < -0.39 is 17.9 Å². The van der Waals surface area contributed by atoms with Crippen LogP contribution < -0.4 is 5.32 Å². The molecule has 8 heteroatoms. The van der Waals surface area contributed by atoms with Gasteiger partial charge in [-0.2, -0.15) is 11.8 Å². The van der Waals surface area contributed by atoms with E-state index in [4.69, 9.17) is 0 Å². The molecule has 1 amide bonds. The Morgan fingerprint density at radius 1 is 1.16 bits per heavy atom. The lowest BCUT2D eigenvalue weighted by atomic mass is 9.97. The topological polar surface area (TPSA) is 100 Å². The van der Waals surface area contributed by atoms with E-state index in [1.165, 1.54) is 0 Å². The number of nitrogens with zero attached hydrogens (tertiary/aromatic N) is 2. The maximum absolute atomic E-state index is 13.3. The van der Waals surface area contributed by atoms with Gasteiger partial charge < -0.3 is 20.0 Å². The summed E-state index contributed by atoms with van der Waals surface area (Å²) in [7, 11) is 0. The smallest absolute Gasteiger partial charge is 0.326 e. The predicted molar refractivity (Wildman–Crippen MR) is 127 cm³/mol. The first-order valence-corrected chi connectivity index (χ1v) is 11.6. The molecular formula is C24H24N4O3S. The van der Waals surface area contributed by atoms with Crippen molar-refractivity contribution in [1.29, 1.82) is 0 Å². The van der Waals surface area contributed by atoms with E-state index in [1.54, 1.807) is 30.5 Å². The first-order chi connectivity index (χ1) is 15.6. The van der Waals surface area contributed by atoms with Crippen molar-refractivity contribution in [3.63, 3.8) is 0 Å². The average molecular weight is 449 g/mol. The van der Waals surface area contributed by atoms with E-state index in [0.29, 0.717) is 24.3 Å². The van der Waals surface area contributed by atoms with E-state index in [0.717, 1.165) is 27.6 Å². The molecule has 164 valence electrons. The molecule has 32 heavy (non-hydrogen) atoms. The number of benzene rings is 2. The number of rotatable bonds is 9. The van der Waals surface area contributed by atoms with Crippen LogP contribution in [-0.4, -0.2) is 49.6 Å². The summed E-state index contributed by atoms with van der Waals surface area (Å²) in [5.74, 6) is -0.783. The zero-order chi connectivity index (χ0) is 22.5. The molecule has 4 rings (SSSR count). The molecule has 1 unspecified atom stereocenters. The number of nitrogens with one attached hydrogen (secondary N) is 2. The van der Waals surface area contributed by atoms with Gasteiger partial charge in [0.15, 0.2) is 0 Å². The van der Waals surface area contributed by atoms with Crippen molar-refractivity contribution in [2.75, 3.05) is 12.0 Å². The number of imidazole rings is 1. The van der Waals surface area contributed by atoms with Crippen LogP contribution in [0.1, 0.15) is 22.5 Å². The Balaban J connectivity index is 1.75. The van der Waals surface area contributed by atoms with Gasteiger partial charge in [0, 0.05) is 24.2 Å². The van der Waals surface area contributed by atoms with Gasteiger partial charge in [0.1, 0.15) is 6.04 Å². The molecular weight excluding hydrogens is 424 g/mol. The van der Waals surface area contributed by atoms with Gasteiger partial charge in [-0.25, -0.2) is 9.78 Å². The monoisotopic (exact) mass is 448 g/mol. The highest BCUT2D eigenvalue weighted by molar-refractivity contribution is 7.98. The number of aromatic nitrogens is 3. The fraction of sp³-hybridized carbons (Fsp3) is 0.208. The van der Waals surface area contributed by atoms with Crippen molar-refractivity contribution < 1.29 is 14.7 Å². The minimum atomic E-state index is -1.03. The molecule has 4 aromatic rings. The number of carbonyl (C=O) groups excluding carboxylic acids is 1. The number of hydrogen-bond acceptors (Lipinski definition) is 4. The van der Waals surface area contributed by atoms with Crippen molar-refractivity contribution >= 4 is 34.4 Å². The molecule has 0 aliphatic heterocycles. The van der Waals surface area contributed by atoms with Crippen molar-refractivity contribution in [3.8, 4) is 11.1 Å². The standard InChI is InChI=1S/C24H24N4O3S/c1-32-10-9-22(24(30)31)27-23(29)21-14-28(12-17-11-25-15-26-17)13-20(21)19-8-4-6-16-5-2-3-7-18(16)19/h2-8,11,13-15,22H,9-10,12H2,1H3,(H,25,26)(H,27,29)(H,30,31). The number of aliphatic carboxylic acids is 1. The van der Waals surface area contributed by atoms with E-state index >= 15 is 0 Å². The summed E-state index contributed by atoms with van der Waals surface area (Å²) in [6, 6.07) is 13.0. The number of carboxylic acid groups (broad SMARTS) is 1. The summed E-state index contributed by atoms with van der Waals surface area (Å²) in [5.41, 5.74) is 3.02. The Morgan fingerprint density at radius 2 is 1.97 bits per heavy atom. The van der Waals surface area contributed by atoms with Crippen molar-refractivity contribution in [2.24, 2.45) is 0 Å². The van der Waals surface area contributed by atoms with Gasteiger partial charge in [0.05, 0.1) is 24.1 Å². The molecule has 0 aliphatic rings. The summed E-state index contributed by atoms with van der Waals surface area (Å²) >= 11 is 1.55. The van der Waals surface area contributed by atoms with Crippen LogP contribution in [-0.2, 0) is 11.3 Å². The summed E-state index contributed by atoms with van der Waals surface area (Å²) in [4.78, 5) is 32.1. The quantitative estimate of drug-likeness (QED) is 0.359. The number of aromatic amines is 1. The summed E-state index contributed by atoms with van der Waals surface area (Å²) in [6.07, 6.45) is 9.31. The van der Waals surface area contributed by atoms with Gasteiger partial charge in [0.25, 0.3) is 5.91 Å². The van der Waals surface area contributed by atoms with Crippen LogP contribution >= 0.6 is 11.8 Å². The van der Waals surface area contributed by atoms with E-state index in [1.807, 2.05) is 59.5 Å². The molecule has 2 heterocycles. The number of hydrogen-bond donors (Lipinski definition) is 3. The Morgan fingerprint density at radius 3 is 2.72 bits per heavy atom. The van der Waals surface area contributed by atoms with Crippen molar-refractivity contribution in [3.05, 3.63) is 78.6 Å². The van der Waals surface area contributed by atoms with Gasteiger partial charge in [-0.1, -0.05) is 42.5 Å². The third-order valence-electron chi connectivity index (χ3n) is 5.33. The molecule has 0 saturated carbocycles. The second-order valence-corrected chi connectivity index (χ2v) is 8.49. The Kier molecular flexibility index (Phi) is 6.61. The van der Waals surface area contributed by atoms with Crippen LogP contribution in [0.3, 0.4) is 0 Å². The van der Waals surface area contributed by atoms with Crippen LogP contribution in [0.25, 0.3) is 21.9 Å². The Hall–Kier alpha value is -3.52. The molecule has 3 N–H and O–H groups in total. The molecule has 2 aromatic carbocycles. The zero-order valence-corrected chi connectivity index (χ0v) is 18.4. The SMILES string of the molecule is CSCCC(NC(=O)c1cn(Cc2cnc[nH]2)cc1-c1cccc2ccccc12)C(=O)O. The lowest BCUT2D eigenvalue weighted by Gasteiger charge is -2.14. The third-order valence-corrected chi connectivity index (χ3v) is 5.97. The molecule has 7 nitrogen and oxygen atoms in total. The number of carboxylic acids is 1. The van der Waals surface area contributed by atoms with E-state index in [2.05, 4.69) is 15.3 Å². The van der Waals surface area contributed by atoms with Gasteiger partial charge >= 0.3 is 5.97 Å². The molecule has 2 aromatic heterocycles. The van der Waals surface area contributed by atoms with Crippen molar-refractivity contribution in [2.45, 2.75) is 19.0 Å². The second kappa shape index (κ2) is 9.74. The highest BCUT2D eigenvalue weighted by atomic mass is 32.2. The largest absolute Gasteiger partial charge is 0.480 e. The average Bonchev–Trinajstić information content (AvgIpc) is 3.46. The van der Waals surface area contributed by atoms with Crippen LogP contribution in [0.2, 0.25) is 0 Å². The molecule has 0 fully saturated rings. The first-order valence-electron chi connectivity index (χ1n) is 10.2. The van der Waals surface area contributed by atoms with Crippen LogP contribution in [0.4, 0.5) is 0 Å². The zero-order valence-electron chi connectivity index (χ0n) is 17.6. The molecule has 0 radical (unpaired) electrons. The highest BCUT2D eigenvalue weighted by Gasteiger charge is 2.24. The Bertz CT molecular complexity index is 1230. The van der Waals surface area contributed by atoms with Gasteiger partial charge in [-0.3, -0.25) is 4.79 Å². The number of carbonyl (C=O) groups is 2.